The van der Waals surface area contributed by atoms with Gasteiger partial charge in [0.1, 0.15) is 5.82 Å². The summed E-state index contributed by atoms with van der Waals surface area (Å²) in [5, 5.41) is 0. The van der Waals surface area contributed by atoms with Gasteiger partial charge in [0.25, 0.3) is 0 Å². The summed E-state index contributed by atoms with van der Waals surface area (Å²) in [5.74, 6) is 1.43. The highest BCUT2D eigenvalue weighted by Gasteiger charge is 2.31. The fraction of sp³-hybridized carbons (Fsp3) is 0.556. The Morgan fingerprint density at radius 1 is 1.58 bits per heavy atom. The number of hydrogen-bond acceptors (Lipinski definition) is 3. The molecule has 1 aliphatic rings. The summed E-state index contributed by atoms with van der Waals surface area (Å²) in [6.07, 6.45) is 4.25. The molecule has 3 heteroatoms. The van der Waals surface area contributed by atoms with Gasteiger partial charge in [0, 0.05) is 11.9 Å². The largest absolute Gasteiger partial charge is 0.321 e. The third-order valence-corrected chi connectivity index (χ3v) is 2.24. The van der Waals surface area contributed by atoms with Gasteiger partial charge in [-0.25, -0.2) is 9.97 Å². The van der Waals surface area contributed by atoms with Gasteiger partial charge in [-0.3, -0.25) is 0 Å². The van der Waals surface area contributed by atoms with Crippen molar-refractivity contribution in [2.24, 2.45) is 11.7 Å². The first-order chi connectivity index (χ1) is 5.77. The van der Waals surface area contributed by atoms with Crippen LogP contribution in [0, 0.1) is 12.8 Å². The van der Waals surface area contributed by atoms with Gasteiger partial charge >= 0.3 is 0 Å². The van der Waals surface area contributed by atoms with Gasteiger partial charge < -0.3 is 5.73 Å². The maximum absolute atomic E-state index is 5.94. The van der Waals surface area contributed by atoms with E-state index in [1.165, 1.54) is 12.8 Å². The minimum Gasteiger partial charge on any atom is -0.321 e. The van der Waals surface area contributed by atoms with Gasteiger partial charge in [0.2, 0.25) is 0 Å². The molecule has 1 fully saturated rings. The van der Waals surface area contributed by atoms with Crippen LogP contribution in [0.25, 0.3) is 0 Å². The second-order valence-corrected chi connectivity index (χ2v) is 3.42. The van der Waals surface area contributed by atoms with Crippen LogP contribution in [0.1, 0.15) is 30.4 Å². The van der Waals surface area contributed by atoms with Crippen molar-refractivity contribution in [3.05, 3.63) is 23.8 Å². The molecule has 0 amide bonds. The van der Waals surface area contributed by atoms with Gasteiger partial charge in [-0.05, 0) is 31.7 Å². The fourth-order valence-electron chi connectivity index (χ4n) is 1.30. The summed E-state index contributed by atoms with van der Waals surface area (Å²) in [6.45, 7) is 1.96. The molecule has 2 N–H and O–H groups in total. The second-order valence-electron chi connectivity index (χ2n) is 3.42. The minimum atomic E-state index is 0.0601. The second kappa shape index (κ2) is 2.83. The number of aryl methyl sites for hydroxylation is 1. The summed E-state index contributed by atoms with van der Waals surface area (Å²) < 4.78 is 0. The molecule has 1 aromatic heterocycles. The van der Waals surface area contributed by atoms with E-state index >= 15 is 0 Å². The molecule has 1 saturated carbocycles. The van der Waals surface area contributed by atoms with Crippen LogP contribution >= 0.6 is 0 Å². The molecular formula is C9H13N3. The quantitative estimate of drug-likeness (QED) is 0.712. The van der Waals surface area contributed by atoms with Gasteiger partial charge in [0.05, 0.1) is 6.04 Å². The zero-order chi connectivity index (χ0) is 8.55. The maximum atomic E-state index is 5.94. The maximum Gasteiger partial charge on any atom is 0.145 e. The summed E-state index contributed by atoms with van der Waals surface area (Å²) in [7, 11) is 0. The normalized spacial score (nSPS) is 19.2. The van der Waals surface area contributed by atoms with Crippen molar-refractivity contribution in [3.63, 3.8) is 0 Å². The smallest absolute Gasteiger partial charge is 0.145 e. The Bertz CT molecular complexity index is 281. The van der Waals surface area contributed by atoms with Crippen molar-refractivity contribution in [3.8, 4) is 0 Å². The van der Waals surface area contributed by atoms with E-state index < -0.39 is 0 Å². The van der Waals surface area contributed by atoms with Crippen LogP contribution in [0.4, 0.5) is 0 Å². The SMILES string of the molecule is Cc1ccnc(C(N)C2CC2)n1. The number of hydrogen-bond donors (Lipinski definition) is 1. The Morgan fingerprint density at radius 2 is 2.33 bits per heavy atom. The van der Waals surface area contributed by atoms with Crippen LogP contribution in [0.15, 0.2) is 12.3 Å². The highest BCUT2D eigenvalue weighted by atomic mass is 14.9. The summed E-state index contributed by atoms with van der Waals surface area (Å²) in [4.78, 5) is 8.46. The first-order valence-corrected chi connectivity index (χ1v) is 4.32. The molecule has 1 heterocycles. The Morgan fingerprint density at radius 3 is 2.92 bits per heavy atom. The number of rotatable bonds is 2. The Kier molecular flexibility index (Phi) is 1.81. The van der Waals surface area contributed by atoms with Gasteiger partial charge in [-0.2, -0.15) is 0 Å². The monoisotopic (exact) mass is 163 g/mol. The van der Waals surface area contributed by atoms with E-state index in [0.717, 1.165) is 11.5 Å². The van der Waals surface area contributed by atoms with Crippen molar-refractivity contribution in [2.75, 3.05) is 0 Å². The molecule has 0 aliphatic heterocycles. The molecule has 1 aliphatic carbocycles. The number of nitrogens with zero attached hydrogens (tertiary/aromatic N) is 2. The first kappa shape index (κ1) is 7.68. The zero-order valence-corrected chi connectivity index (χ0v) is 7.20. The van der Waals surface area contributed by atoms with E-state index in [1.54, 1.807) is 6.20 Å². The van der Waals surface area contributed by atoms with Crippen LogP contribution < -0.4 is 5.73 Å². The lowest BCUT2D eigenvalue weighted by Gasteiger charge is -2.07. The van der Waals surface area contributed by atoms with E-state index in [-0.39, 0.29) is 6.04 Å². The Balaban J connectivity index is 2.20. The van der Waals surface area contributed by atoms with Crippen LogP contribution in [0.5, 0.6) is 0 Å². The Labute approximate surface area is 72.0 Å². The zero-order valence-electron chi connectivity index (χ0n) is 7.20. The summed E-state index contributed by atoms with van der Waals surface area (Å²) in [5.41, 5.74) is 6.94. The van der Waals surface area contributed by atoms with Crippen molar-refractivity contribution < 1.29 is 0 Å². The molecule has 1 aromatic rings. The molecule has 1 atom stereocenters. The van der Waals surface area contributed by atoms with E-state index in [4.69, 9.17) is 5.73 Å². The molecule has 64 valence electrons. The summed E-state index contributed by atoms with van der Waals surface area (Å²) >= 11 is 0. The van der Waals surface area contributed by atoms with E-state index in [0.29, 0.717) is 5.92 Å². The highest BCUT2D eigenvalue weighted by Crippen LogP contribution is 2.38. The van der Waals surface area contributed by atoms with E-state index in [1.807, 2.05) is 13.0 Å². The number of nitrogens with two attached hydrogens (primary N) is 1. The van der Waals surface area contributed by atoms with Crippen molar-refractivity contribution in [2.45, 2.75) is 25.8 Å². The van der Waals surface area contributed by atoms with Crippen molar-refractivity contribution >= 4 is 0 Å². The molecule has 0 bridgehead atoms. The topological polar surface area (TPSA) is 51.8 Å². The lowest BCUT2D eigenvalue weighted by molar-refractivity contribution is 0.591. The first-order valence-electron chi connectivity index (χ1n) is 4.32. The lowest BCUT2D eigenvalue weighted by Crippen LogP contribution is -2.16. The molecule has 0 aromatic carbocycles. The molecular weight excluding hydrogens is 150 g/mol. The standard InChI is InChI=1S/C9H13N3/c1-6-4-5-11-9(12-6)8(10)7-2-3-7/h4-5,7-8H,2-3,10H2,1H3. The molecule has 1 unspecified atom stereocenters. The Hall–Kier alpha value is -0.960. The third-order valence-electron chi connectivity index (χ3n) is 2.24. The third kappa shape index (κ3) is 1.46. The van der Waals surface area contributed by atoms with E-state index in [2.05, 4.69) is 9.97 Å². The van der Waals surface area contributed by atoms with Gasteiger partial charge in [-0.15, -0.1) is 0 Å². The molecule has 12 heavy (non-hydrogen) atoms. The van der Waals surface area contributed by atoms with Crippen LogP contribution in [-0.4, -0.2) is 9.97 Å². The minimum absolute atomic E-state index is 0.0601. The molecule has 3 nitrogen and oxygen atoms in total. The predicted octanol–water partition coefficient (Wildman–Crippen LogP) is 1.19. The van der Waals surface area contributed by atoms with Crippen LogP contribution in [0.3, 0.4) is 0 Å². The van der Waals surface area contributed by atoms with Gasteiger partial charge in [0.15, 0.2) is 0 Å². The van der Waals surface area contributed by atoms with Crippen molar-refractivity contribution in [1.82, 2.24) is 9.97 Å². The molecule has 0 radical (unpaired) electrons. The fourth-order valence-corrected chi connectivity index (χ4v) is 1.30. The lowest BCUT2D eigenvalue weighted by atomic mass is 10.2. The predicted molar refractivity (Wildman–Crippen MR) is 46.4 cm³/mol. The molecule has 2 rings (SSSR count). The highest BCUT2D eigenvalue weighted by molar-refractivity contribution is 5.05. The summed E-state index contributed by atoms with van der Waals surface area (Å²) in [6, 6.07) is 1.95. The van der Waals surface area contributed by atoms with Gasteiger partial charge in [-0.1, -0.05) is 0 Å². The van der Waals surface area contributed by atoms with Crippen LogP contribution in [0.2, 0.25) is 0 Å². The number of aromatic nitrogens is 2. The van der Waals surface area contributed by atoms with Crippen LogP contribution in [-0.2, 0) is 0 Å². The molecule has 0 saturated heterocycles. The molecule has 0 spiro atoms. The average molecular weight is 163 g/mol. The average Bonchev–Trinajstić information content (AvgIpc) is 2.85. The van der Waals surface area contributed by atoms with Crippen molar-refractivity contribution in [1.29, 1.82) is 0 Å². The van der Waals surface area contributed by atoms with E-state index in [9.17, 15) is 0 Å².